The normalized spacial score (nSPS) is 18.9. The molecule has 1 aliphatic carbocycles. The number of allylic oxidation sites excluding steroid dienone is 6. The SMILES string of the molecule is CC1=C(F)CC(F)=CC=C1. The van der Waals surface area contributed by atoms with Crippen LogP contribution in [0.1, 0.15) is 13.3 Å². The molecule has 0 nitrogen and oxygen atoms in total. The summed E-state index contributed by atoms with van der Waals surface area (Å²) in [5.74, 6) is -0.812. The van der Waals surface area contributed by atoms with Gasteiger partial charge < -0.3 is 0 Å². The molecule has 0 aliphatic heterocycles. The average Bonchev–Trinajstić information content (AvgIpc) is 1.96. The first-order valence-electron chi connectivity index (χ1n) is 3.08. The number of hydrogen-bond acceptors (Lipinski definition) is 0. The molecular weight excluding hydrogens is 134 g/mol. The van der Waals surface area contributed by atoms with Gasteiger partial charge in [0.2, 0.25) is 0 Å². The summed E-state index contributed by atoms with van der Waals surface area (Å²) in [6, 6.07) is 0. The van der Waals surface area contributed by atoms with Crippen molar-refractivity contribution in [3.05, 3.63) is 35.5 Å². The number of rotatable bonds is 0. The van der Waals surface area contributed by atoms with E-state index in [0.29, 0.717) is 5.57 Å². The zero-order valence-corrected chi connectivity index (χ0v) is 5.70. The molecule has 0 saturated heterocycles. The highest BCUT2D eigenvalue weighted by Crippen LogP contribution is 2.20. The summed E-state index contributed by atoms with van der Waals surface area (Å²) in [6.45, 7) is 1.62. The van der Waals surface area contributed by atoms with Crippen LogP contribution in [0.5, 0.6) is 0 Å². The lowest BCUT2D eigenvalue weighted by molar-refractivity contribution is 0.538. The van der Waals surface area contributed by atoms with Crippen LogP contribution in [0.15, 0.2) is 35.5 Å². The van der Waals surface area contributed by atoms with Crippen LogP contribution in [-0.2, 0) is 0 Å². The first-order chi connectivity index (χ1) is 4.70. The van der Waals surface area contributed by atoms with Gasteiger partial charge in [-0.25, -0.2) is 8.78 Å². The van der Waals surface area contributed by atoms with Gasteiger partial charge in [-0.2, -0.15) is 0 Å². The van der Waals surface area contributed by atoms with Gasteiger partial charge >= 0.3 is 0 Å². The molecule has 0 N–H and O–H groups in total. The van der Waals surface area contributed by atoms with Crippen LogP contribution in [0, 0.1) is 0 Å². The zero-order chi connectivity index (χ0) is 7.56. The average molecular weight is 142 g/mol. The van der Waals surface area contributed by atoms with Crippen molar-refractivity contribution in [2.45, 2.75) is 13.3 Å². The second kappa shape index (κ2) is 2.78. The fourth-order valence-corrected chi connectivity index (χ4v) is 0.734. The lowest BCUT2D eigenvalue weighted by atomic mass is 10.2. The molecule has 0 atom stereocenters. The van der Waals surface area contributed by atoms with Crippen LogP contribution in [-0.4, -0.2) is 0 Å². The third-order valence-corrected chi connectivity index (χ3v) is 1.38. The summed E-state index contributed by atoms with van der Waals surface area (Å²) in [5, 5.41) is 0. The Hall–Kier alpha value is -0.920. The lowest BCUT2D eigenvalue weighted by Crippen LogP contribution is -1.77. The molecule has 0 heterocycles. The monoisotopic (exact) mass is 142 g/mol. The second-order valence-electron chi connectivity index (χ2n) is 2.24. The summed E-state index contributed by atoms with van der Waals surface area (Å²) in [7, 11) is 0. The van der Waals surface area contributed by atoms with Gasteiger partial charge in [-0.05, 0) is 18.6 Å². The van der Waals surface area contributed by atoms with E-state index in [4.69, 9.17) is 0 Å². The minimum atomic E-state index is -0.425. The van der Waals surface area contributed by atoms with Crippen LogP contribution in [0.3, 0.4) is 0 Å². The van der Waals surface area contributed by atoms with Gasteiger partial charge in [0.05, 0.1) is 6.42 Å². The highest BCUT2D eigenvalue weighted by Gasteiger charge is 2.04. The molecule has 0 bridgehead atoms. The minimum absolute atomic E-state index is 0.196. The van der Waals surface area contributed by atoms with E-state index in [1.54, 1.807) is 13.0 Å². The van der Waals surface area contributed by atoms with Crippen molar-refractivity contribution < 1.29 is 8.78 Å². The van der Waals surface area contributed by atoms with Crippen LogP contribution in [0.2, 0.25) is 0 Å². The number of halogens is 2. The predicted octanol–water partition coefficient (Wildman–Crippen LogP) is 3.04. The molecule has 1 aliphatic rings. The molecule has 0 amide bonds. The maximum atomic E-state index is 12.6. The molecule has 0 aromatic carbocycles. The van der Waals surface area contributed by atoms with Crippen LogP contribution in [0.25, 0.3) is 0 Å². The van der Waals surface area contributed by atoms with Gasteiger partial charge in [0.25, 0.3) is 0 Å². The first-order valence-corrected chi connectivity index (χ1v) is 3.08. The number of hydrogen-bond donors (Lipinski definition) is 0. The van der Waals surface area contributed by atoms with E-state index in [1.165, 1.54) is 12.2 Å². The maximum Gasteiger partial charge on any atom is 0.110 e. The Morgan fingerprint density at radius 1 is 1.40 bits per heavy atom. The maximum absolute atomic E-state index is 12.6. The third kappa shape index (κ3) is 1.53. The predicted molar refractivity (Wildman–Crippen MR) is 36.8 cm³/mol. The van der Waals surface area contributed by atoms with E-state index in [2.05, 4.69) is 0 Å². The molecule has 1 rings (SSSR count). The summed E-state index contributed by atoms with van der Waals surface area (Å²) in [4.78, 5) is 0. The van der Waals surface area contributed by atoms with Crippen LogP contribution in [0.4, 0.5) is 8.78 Å². The third-order valence-electron chi connectivity index (χ3n) is 1.38. The molecule has 2 heteroatoms. The zero-order valence-electron chi connectivity index (χ0n) is 5.70. The fourth-order valence-electron chi connectivity index (χ4n) is 0.734. The molecule has 0 aromatic heterocycles. The summed E-state index contributed by atoms with van der Waals surface area (Å²) >= 11 is 0. The molecular formula is C8H8F2. The van der Waals surface area contributed by atoms with Gasteiger partial charge in [-0.1, -0.05) is 12.2 Å². The van der Waals surface area contributed by atoms with Gasteiger partial charge in [0, 0.05) is 0 Å². The molecule has 0 fully saturated rings. The van der Waals surface area contributed by atoms with Gasteiger partial charge in [0.1, 0.15) is 11.7 Å². The lowest BCUT2D eigenvalue weighted by Gasteiger charge is -1.93. The van der Waals surface area contributed by atoms with E-state index in [0.717, 1.165) is 0 Å². The van der Waals surface area contributed by atoms with E-state index < -0.39 is 5.83 Å². The molecule has 10 heavy (non-hydrogen) atoms. The Kier molecular flexibility index (Phi) is 2.00. The Morgan fingerprint density at radius 3 is 2.80 bits per heavy atom. The van der Waals surface area contributed by atoms with E-state index >= 15 is 0 Å². The first kappa shape index (κ1) is 7.19. The largest absolute Gasteiger partial charge is 0.211 e. The van der Waals surface area contributed by atoms with Crippen LogP contribution >= 0.6 is 0 Å². The fraction of sp³-hybridized carbons (Fsp3) is 0.250. The van der Waals surface area contributed by atoms with Crippen molar-refractivity contribution in [1.29, 1.82) is 0 Å². The van der Waals surface area contributed by atoms with E-state index in [9.17, 15) is 8.78 Å². The highest BCUT2D eigenvalue weighted by molar-refractivity contribution is 5.29. The van der Waals surface area contributed by atoms with Crippen molar-refractivity contribution in [3.63, 3.8) is 0 Å². The molecule has 0 saturated carbocycles. The summed E-state index contributed by atoms with van der Waals surface area (Å²) < 4.78 is 25.0. The minimum Gasteiger partial charge on any atom is -0.211 e. The standard InChI is InChI=1S/C8H8F2/c1-6-3-2-4-7(9)5-8(6)10/h2-4H,5H2,1H3. The Bertz CT molecular complexity index is 221. The quantitative estimate of drug-likeness (QED) is 0.487. The van der Waals surface area contributed by atoms with Gasteiger partial charge in [-0.3, -0.25) is 0 Å². The molecule has 0 spiro atoms. The molecule has 0 aromatic rings. The summed E-state index contributed by atoms with van der Waals surface area (Å²) in [6.07, 6.45) is 4.15. The van der Waals surface area contributed by atoms with Crippen molar-refractivity contribution in [3.8, 4) is 0 Å². The smallest absolute Gasteiger partial charge is 0.110 e. The van der Waals surface area contributed by atoms with Crippen molar-refractivity contribution in [1.82, 2.24) is 0 Å². The van der Waals surface area contributed by atoms with Gasteiger partial charge in [0.15, 0.2) is 0 Å². The van der Waals surface area contributed by atoms with Crippen molar-refractivity contribution in [2.24, 2.45) is 0 Å². The van der Waals surface area contributed by atoms with Crippen LogP contribution < -0.4 is 0 Å². The Balaban J connectivity index is 2.90. The van der Waals surface area contributed by atoms with Gasteiger partial charge in [-0.15, -0.1) is 0 Å². The Labute approximate surface area is 58.6 Å². The van der Waals surface area contributed by atoms with E-state index in [1.807, 2.05) is 0 Å². The molecule has 0 unspecified atom stereocenters. The second-order valence-corrected chi connectivity index (χ2v) is 2.24. The highest BCUT2D eigenvalue weighted by atomic mass is 19.1. The topological polar surface area (TPSA) is 0 Å². The van der Waals surface area contributed by atoms with E-state index in [-0.39, 0.29) is 12.2 Å². The molecule has 0 radical (unpaired) electrons. The Morgan fingerprint density at radius 2 is 2.10 bits per heavy atom. The molecule has 54 valence electrons. The van der Waals surface area contributed by atoms with Crippen molar-refractivity contribution in [2.75, 3.05) is 0 Å². The summed E-state index contributed by atoms with van der Waals surface area (Å²) in [5.41, 5.74) is 0.504. The van der Waals surface area contributed by atoms with Crippen molar-refractivity contribution >= 4 is 0 Å².